The second-order valence-corrected chi connectivity index (χ2v) is 2.19. The van der Waals surface area contributed by atoms with Crippen LogP contribution in [0.2, 0.25) is 0 Å². The first-order valence-corrected chi connectivity index (χ1v) is 3.71. The Morgan fingerprint density at radius 2 is 2.42 bits per heavy atom. The number of hydroxylamine groups is 1. The fourth-order valence-electron chi connectivity index (χ4n) is 0.926. The van der Waals surface area contributed by atoms with Gasteiger partial charge in [-0.05, 0) is 19.1 Å². The van der Waals surface area contributed by atoms with Crippen LogP contribution in [0.4, 0.5) is 10.2 Å². The van der Waals surface area contributed by atoms with Gasteiger partial charge in [-0.1, -0.05) is 0 Å². The first-order chi connectivity index (χ1) is 5.79. The summed E-state index contributed by atoms with van der Waals surface area (Å²) >= 11 is 0. The van der Waals surface area contributed by atoms with E-state index in [1.807, 2.05) is 6.92 Å². The number of aromatic nitrogens is 1. The topological polar surface area (TPSA) is 25.4 Å². The van der Waals surface area contributed by atoms with Gasteiger partial charge in [-0.15, -0.1) is 0 Å². The Balaban J connectivity index is 2.92. The van der Waals surface area contributed by atoms with E-state index in [-0.39, 0.29) is 11.6 Å². The molecule has 0 aromatic carbocycles. The molecule has 0 fully saturated rings. The Labute approximate surface area is 70.7 Å². The van der Waals surface area contributed by atoms with Crippen molar-refractivity contribution in [2.24, 2.45) is 0 Å². The fourth-order valence-corrected chi connectivity index (χ4v) is 0.926. The Kier molecular flexibility index (Phi) is 2.99. The molecule has 0 N–H and O–H groups in total. The molecule has 1 aromatic heterocycles. The third-order valence-electron chi connectivity index (χ3n) is 1.48. The summed E-state index contributed by atoms with van der Waals surface area (Å²) in [6.45, 7) is 2.42. The Morgan fingerprint density at radius 1 is 1.67 bits per heavy atom. The van der Waals surface area contributed by atoms with Crippen LogP contribution < -0.4 is 5.06 Å². The standard InChI is InChI=1S/C8H11FN2O/c1-3-11(12-2)8-7(9)5-4-6-10-8/h4-6H,3H2,1-2H3. The molecule has 0 spiro atoms. The van der Waals surface area contributed by atoms with Crippen molar-refractivity contribution in [3.63, 3.8) is 0 Å². The molecule has 1 rings (SSSR count). The first kappa shape index (κ1) is 8.93. The van der Waals surface area contributed by atoms with Crippen molar-refractivity contribution < 1.29 is 9.23 Å². The molecule has 12 heavy (non-hydrogen) atoms. The highest BCUT2D eigenvalue weighted by molar-refractivity contribution is 5.35. The molecule has 0 saturated heterocycles. The maximum atomic E-state index is 13.0. The SMILES string of the molecule is CCN(OC)c1ncccc1F. The van der Waals surface area contributed by atoms with Crippen LogP contribution in [0.5, 0.6) is 0 Å². The normalized spacial score (nSPS) is 9.92. The number of hydrogen-bond acceptors (Lipinski definition) is 3. The van der Waals surface area contributed by atoms with Crippen LogP contribution in [-0.2, 0) is 4.84 Å². The number of rotatable bonds is 3. The van der Waals surface area contributed by atoms with E-state index in [1.54, 1.807) is 6.07 Å². The van der Waals surface area contributed by atoms with Crippen LogP contribution in [0.25, 0.3) is 0 Å². The minimum atomic E-state index is -0.374. The predicted molar refractivity (Wildman–Crippen MR) is 44.2 cm³/mol. The van der Waals surface area contributed by atoms with Crippen LogP contribution in [0.15, 0.2) is 18.3 Å². The number of halogens is 1. The van der Waals surface area contributed by atoms with Gasteiger partial charge in [-0.25, -0.2) is 14.4 Å². The molecule has 1 aromatic rings. The van der Waals surface area contributed by atoms with E-state index < -0.39 is 0 Å². The van der Waals surface area contributed by atoms with Gasteiger partial charge in [0.05, 0.1) is 7.11 Å². The largest absolute Gasteiger partial charge is 0.275 e. The van der Waals surface area contributed by atoms with Gasteiger partial charge in [0, 0.05) is 12.7 Å². The molecule has 0 aliphatic carbocycles. The number of pyridine rings is 1. The molecule has 0 aliphatic heterocycles. The minimum Gasteiger partial charge on any atom is -0.275 e. The highest BCUT2D eigenvalue weighted by Crippen LogP contribution is 2.13. The van der Waals surface area contributed by atoms with E-state index >= 15 is 0 Å². The van der Waals surface area contributed by atoms with Gasteiger partial charge in [0.25, 0.3) is 0 Å². The molecule has 0 atom stereocenters. The van der Waals surface area contributed by atoms with Crippen molar-refractivity contribution in [2.75, 3.05) is 18.7 Å². The number of anilines is 1. The maximum Gasteiger partial charge on any atom is 0.188 e. The third kappa shape index (κ3) is 1.71. The second kappa shape index (κ2) is 4.01. The van der Waals surface area contributed by atoms with Crippen molar-refractivity contribution in [3.05, 3.63) is 24.1 Å². The highest BCUT2D eigenvalue weighted by atomic mass is 19.1. The lowest BCUT2D eigenvalue weighted by molar-refractivity contribution is 0.166. The van der Waals surface area contributed by atoms with Gasteiger partial charge in [0.15, 0.2) is 11.6 Å². The quantitative estimate of drug-likeness (QED) is 0.644. The van der Waals surface area contributed by atoms with Crippen LogP contribution in [-0.4, -0.2) is 18.6 Å². The van der Waals surface area contributed by atoms with Gasteiger partial charge in [0.2, 0.25) is 0 Å². The highest BCUT2D eigenvalue weighted by Gasteiger charge is 2.08. The lowest BCUT2D eigenvalue weighted by Gasteiger charge is -2.18. The van der Waals surface area contributed by atoms with Gasteiger partial charge in [-0.3, -0.25) is 4.84 Å². The number of hydrogen-bond donors (Lipinski definition) is 0. The third-order valence-corrected chi connectivity index (χ3v) is 1.48. The van der Waals surface area contributed by atoms with Gasteiger partial charge in [-0.2, -0.15) is 0 Å². The van der Waals surface area contributed by atoms with Crippen LogP contribution in [0.1, 0.15) is 6.92 Å². The molecule has 0 radical (unpaired) electrons. The van der Waals surface area contributed by atoms with Crippen LogP contribution in [0, 0.1) is 5.82 Å². The average molecular weight is 170 g/mol. The Bertz CT molecular complexity index is 251. The summed E-state index contributed by atoms with van der Waals surface area (Å²) in [7, 11) is 1.48. The Morgan fingerprint density at radius 3 is 2.92 bits per heavy atom. The lowest BCUT2D eigenvalue weighted by atomic mass is 10.4. The monoisotopic (exact) mass is 170 g/mol. The van der Waals surface area contributed by atoms with E-state index in [0.29, 0.717) is 6.54 Å². The summed E-state index contributed by atoms with van der Waals surface area (Å²) < 4.78 is 13.0. The molecule has 1 heterocycles. The molecule has 0 saturated carbocycles. The van der Waals surface area contributed by atoms with E-state index in [1.165, 1.54) is 24.4 Å². The average Bonchev–Trinajstić information content (AvgIpc) is 2.10. The summed E-state index contributed by atoms with van der Waals surface area (Å²) in [5.41, 5.74) is 0. The zero-order valence-electron chi connectivity index (χ0n) is 7.12. The Hall–Kier alpha value is -1.16. The summed E-state index contributed by atoms with van der Waals surface area (Å²) in [6, 6.07) is 2.90. The molecular formula is C8H11FN2O. The molecular weight excluding hydrogens is 159 g/mol. The summed E-state index contributed by atoms with van der Waals surface area (Å²) in [5.74, 6) is -0.149. The zero-order valence-corrected chi connectivity index (χ0v) is 7.12. The van der Waals surface area contributed by atoms with Crippen LogP contribution >= 0.6 is 0 Å². The molecule has 0 aliphatic rings. The van der Waals surface area contributed by atoms with Crippen molar-refractivity contribution in [3.8, 4) is 0 Å². The van der Waals surface area contributed by atoms with Crippen LogP contribution in [0.3, 0.4) is 0 Å². The van der Waals surface area contributed by atoms with E-state index in [0.717, 1.165) is 0 Å². The molecule has 0 amide bonds. The second-order valence-electron chi connectivity index (χ2n) is 2.19. The van der Waals surface area contributed by atoms with E-state index in [4.69, 9.17) is 4.84 Å². The molecule has 0 bridgehead atoms. The maximum absolute atomic E-state index is 13.0. The predicted octanol–water partition coefficient (Wildman–Crippen LogP) is 1.61. The summed E-state index contributed by atoms with van der Waals surface area (Å²) in [5, 5.41) is 1.38. The van der Waals surface area contributed by atoms with E-state index in [2.05, 4.69) is 4.98 Å². The fraction of sp³-hybridized carbons (Fsp3) is 0.375. The van der Waals surface area contributed by atoms with Crippen molar-refractivity contribution in [1.82, 2.24) is 4.98 Å². The van der Waals surface area contributed by atoms with Crippen molar-refractivity contribution >= 4 is 5.82 Å². The molecule has 3 nitrogen and oxygen atoms in total. The smallest absolute Gasteiger partial charge is 0.188 e. The first-order valence-electron chi connectivity index (χ1n) is 3.71. The molecule has 4 heteroatoms. The van der Waals surface area contributed by atoms with Gasteiger partial charge < -0.3 is 0 Å². The molecule has 0 unspecified atom stereocenters. The minimum absolute atomic E-state index is 0.225. The summed E-state index contributed by atoms with van der Waals surface area (Å²) in [4.78, 5) is 8.74. The summed E-state index contributed by atoms with van der Waals surface area (Å²) in [6.07, 6.45) is 1.53. The van der Waals surface area contributed by atoms with E-state index in [9.17, 15) is 4.39 Å². The molecule has 66 valence electrons. The van der Waals surface area contributed by atoms with Crippen molar-refractivity contribution in [2.45, 2.75) is 6.92 Å². The van der Waals surface area contributed by atoms with Crippen molar-refractivity contribution in [1.29, 1.82) is 0 Å². The van der Waals surface area contributed by atoms with Gasteiger partial charge >= 0.3 is 0 Å². The number of nitrogens with zero attached hydrogens (tertiary/aromatic N) is 2. The van der Waals surface area contributed by atoms with Gasteiger partial charge in [0.1, 0.15) is 0 Å². The lowest BCUT2D eigenvalue weighted by Crippen LogP contribution is -2.22. The zero-order chi connectivity index (χ0) is 8.97.